The van der Waals surface area contributed by atoms with E-state index in [9.17, 15) is 4.79 Å². The van der Waals surface area contributed by atoms with Crippen LogP contribution in [-0.4, -0.2) is 36.5 Å². The highest BCUT2D eigenvalue weighted by Crippen LogP contribution is 2.20. The van der Waals surface area contributed by atoms with E-state index in [0.29, 0.717) is 12.0 Å². The zero-order valence-electron chi connectivity index (χ0n) is 12.6. The second kappa shape index (κ2) is 7.44. The third kappa shape index (κ3) is 4.64. The molecule has 0 aliphatic carbocycles. The summed E-state index contributed by atoms with van der Waals surface area (Å²) in [7, 11) is 0. The zero-order chi connectivity index (χ0) is 14.4. The fourth-order valence-electron chi connectivity index (χ4n) is 2.99. The van der Waals surface area contributed by atoms with Gasteiger partial charge in [0.1, 0.15) is 0 Å². The number of benzene rings is 1. The molecule has 0 aromatic heterocycles. The summed E-state index contributed by atoms with van der Waals surface area (Å²) in [6.07, 6.45) is 3.48. The molecule has 20 heavy (non-hydrogen) atoms. The van der Waals surface area contributed by atoms with E-state index < -0.39 is 0 Å². The molecule has 1 saturated heterocycles. The highest BCUT2D eigenvalue weighted by Gasteiger charge is 2.20. The van der Waals surface area contributed by atoms with Crippen LogP contribution in [0.15, 0.2) is 30.3 Å². The molecule has 0 bridgehead atoms. The van der Waals surface area contributed by atoms with E-state index in [4.69, 9.17) is 0 Å². The van der Waals surface area contributed by atoms with Crippen LogP contribution in [0.3, 0.4) is 0 Å². The van der Waals surface area contributed by atoms with Gasteiger partial charge in [-0.3, -0.25) is 4.79 Å². The molecular weight excluding hydrogens is 248 g/mol. The van der Waals surface area contributed by atoms with Gasteiger partial charge in [-0.25, -0.2) is 0 Å². The van der Waals surface area contributed by atoms with E-state index in [-0.39, 0.29) is 5.91 Å². The van der Waals surface area contributed by atoms with Crippen molar-refractivity contribution in [3.05, 3.63) is 35.9 Å². The van der Waals surface area contributed by atoms with E-state index >= 15 is 0 Å². The molecular formula is C17H26N2O. The molecule has 2 atom stereocenters. The summed E-state index contributed by atoms with van der Waals surface area (Å²) in [5.74, 6) is 0.687. The van der Waals surface area contributed by atoms with Crippen LogP contribution in [-0.2, 0) is 4.79 Å². The van der Waals surface area contributed by atoms with Gasteiger partial charge in [-0.2, -0.15) is 0 Å². The number of amides is 1. The lowest BCUT2D eigenvalue weighted by molar-refractivity contribution is -0.120. The maximum atomic E-state index is 11.1. The fraction of sp³-hybridized carbons (Fsp3) is 0.588. The van der Waals surface area contributed by atoms with E-state index in [1.165, 1.54) is 18.4 Å². The van der Waals surface area contributed by atoms with Crippen molar-refractivity contribution in [2.24, 2.45) is 0 Å². The number of piperidine rings is 1. The summed E-state index contributed by atoms with van der Waals surface area (Å²) < 4.78 is 0. The molecule has 1 N–H and O–H groups in total. The van der Waals surface area contributed by atoms with Crippen molar-refractivity contribution in [2.45, 2.75) is 45.1 Å². The SMILES string of the molecule is CC(=O)N[C@H]1CCCN(CC[C@H](C)c2ccccc2)C1. The first-order chi connectivity index (χ1) is 9.65. The maximum Gasteiger partial charge on any atom is 0.217 e. The Balaban J connectivity index is 1.77. The van der Waals surface area contributed by atoms with Gasteiger partial charge in [0.15, 0.2) is 0 Å². The standard InChI is InChI=1S/C17H26N2O/c1-14(16-7-4-3-5-8-16)10-12-19-11-6-9-17(13-19)18-15(2)20/h3-5,7-8,14,17H,6,9-13H2,1-2H3,(H,18,20)/t14-,17-/m0/s1. The number of hydrogen-bond donors (Lipinski definition) is 1. The first-order valence-electron chi connectivity index (χ1n) is 7.69. The zero-order valence-corrected chi connectivity index (χ0v) is 12.6. The van der Waals surface area contributed by atoms with Gasteiger partial charge >= 0.3 is 0 Å². The summed E-state index contributed by atoms with van der Waals surface area (Å²) in [6.45, 7) is 7.19. The third-order valence-corrected chi connectivity index (χ3v) is 4.16. The molecule has 1 aromatic rings. The van der Waals surface area contributed by atoms with Gasteiger partial charge in [0.05, 0.1) is 0 Å². The van der Waals surface area contributed by atoms with Crippen LogP contribution >= 0.6 is 0 Å². The van der Waals surface area contributed by atoms with Gasteiger partial charge < -0.3 is 10.2 Å². The van der Waals surface area contributed by atoms with Crippen molar-refractivity contribution in [3.8, 4) is 0 Å². The first kappa shape index (κ1) is 15.0. The number of nitrogens with one attached hydrogen (secondary N) is 1. The van der Waals surface area contributed by atoms with E-state index in [1.54, 1.807) is 6.92 Å². The Morgan fingerprint density at radius 3 is 2.85 bits per heavy atom. The molecule has 0 unspecified atom stereocenters. The highest BCUT2D eigenvalue weighted by molar-refractivity contribution is 5.73. The van der Waals surface area contributed by atoms with Crippen LogP contribution in [0.5, 0.6) is 0 Å². The average Bonchev–Trinajstić information content (AvgIpc) is 2.45. The van der Waals surface area contributed by atoms with Crippen molar-refractivity contribution < 1.29 is 4.79 Å². The Hall–Kier alpha value is -1.35. The highest BCUT2D eigenvalue weighted by atomic mass is 16.1. The molecule has 0 radical (unpaired) electrons. The van der Waals surface area contributed by atoms with Gasteiger partial charge in [-0.15, -0.1) is 0 Å². The fourth-order valence-corrected chi connectivity index (χ4v) is 2.99. The molecule has 1 aromatic carbocycles. The van der Waals surface area contributed by atoms with Crippen LogP contribution in [0.4, 0.5) is 0 Å². The molecule has 1 heterocycles. The summed E-state index contributed by atoms with van der Waals surface area (Å²) in [5.41, 5.74) is 1.42. The minimum absolute atomic E-state index is 0.0921. The van der Waals surface area contributed by atoms with Crippen molar-refractivity contribution in [1.82, 2.24) is 10.2 Å². The molecule has 3 heteroatoms. The van der Waals surface area contributed by atoms with Gasteiger partial charge in [-0.1, -0.05) is 37.3 Å². The predicted octanol–water partition coefficient (Wildman–Crippen LogP) is 2.78. The van der Waals surface area contributed by atoms with Gasteiger partial charge in [0.2, 0.25) is 5.91 Å². The number of nitrogens with zero attached hydrogens (tertiary/aromatic N) is 1. The van der Waals surface area contributed by atoms with Gasteiger partial charge in [0.25, 0.3) is 0 Å². The number of likely N-dealkylation sites (tertiary alicyclic amines) is 1. The first-order valence-corrected chi connectivity index (χ1v) is 7.69. The summed E-state index contributed by atoms with van der Waals surface area (Å²) in [6, 6.07) is 11.0. The van der Waals surface area contributed by atoms with Crippen LogP contribution in [0, 0.1) is 0 Å². The van der Waals surface area contributed by atoms with Gasteiger partial charge in [-0.05, 0) is 43.8 Å². The largest absolute Gasteiger partial charge is 0.352 e. The number of hydrogen-bond acceptors (Lipinski definition) is 2. The van der Waals surface area contributed by atoms with E-state index in [2.05, 4.69) is 47.5 Å². The third-order valence-electron chi connectivity index (χ3n) is 4.16. The lowest BCUT2D eigenvalue weighted by Gasteiger charge is -2.33. The molecule has 1 fully saturated rings. The molecule has 1 aliphatic heterocycles. The van der Waals surface area contributed by atoms with E-state index in [1.807, 2.05) is 0 Å². The summed E-state index contributed by atoms with van der Waals surface area (Å²) in [4.78, 5) is 13.6. The molecule has 0 saturated carbocycles. The molecule has 2 rings (SSSR count). The van der Waals surface area contributed by atoms with Crippen LogP contribution in [0.25, 0.3) is 0 Å². The van der Waals surface area contributed by atoms with Gasteiger partial charge in [0, 0.05) is 19.5 Å². The smallest absolute Gasteiger partial charge is 0.217 e. The Bertz CT molecular complexity index is 418. The Morgan fingerprint density at radius 1 is 1.40 bits per heavy atom. The summed E-state index contributed by atoms with van der Waals surface area (Å²) >= 11 is 0. The topological polar surface area (TPSA) is 32.3 Å². The van der Waals surface area contributed by atoms with E-state index in [0.717, 1.165) is 26.1 Å². The Morgan fingerprint density at radius 2 is 2.15 bits per heavy atom. The van der Waals surface area contributed by atoms with Crippen LogP contribution < -0.4 is 5.32 Å². The van der Waals surface area contributed by atoms with Crippen molar-refractivity contribution >= 4 is 5.91 Å². The Labute approximate surface area is 122 Å². The van der Waals surface area contributed by atoms with Crippen LogP contribution in [0.1, 0.15) is 44.6 Å². The van der Waals surface area contributed by atoms with Crippen molar-refractivity contribution in [3.63, 3.8) is 0 Å². The number of carbonyl (C=O) groups excluding carboxylic acids is 1. The molecule has 3 nitrogen and oxygen atoms in total. The molecule has 110 valence electrons. The second-order valence-electron chi connectivity index (χ2n) is 5.94. The van der Waals surface area contributed by atoms with Crippen molar-refractivity contribution in [2.75, 3.05) is 19.6 Å². The summed E-state index contributed by atoms with van der Waals surface area (Å²) in [5, 5.41) is 3.05. The quantitative estimate of drug-likeness (QED) is 0.895. The predicted molar refractivity (Wildman–Crippen MR) is 82.8 cm³/mol. The molecule has 1 aliphatic rings. The monoisotopic (exact) mass is 274 g/mol. The lowest BCUT2D eigenvalue weighted by atomic mass is 9.97. The number of carbonyl (C=O) groups is 1. The Kier molecular flexibility index (Phi) is 5.60. The molecule has 0 spiro atoms. The minimum Gasteiger partial charge on any atom is -0.352 e. The average molecular weight is 274 g/mol. The minimum atomic E-state index is 0.0921. The second-order valence-corrected chi connectivity index (χ2v) is 5.94. The normalized spacial score (nSPS) is 21.4. The lowest BCUT2D eigenvalue weighted by Crippen LogP contribution is -2.47. The van der Waals surface area contributed by atoms with Crippen molar-refractivity contribution in [1.29, 1.82) is 0 Å². The molecule has 1 amide bonds. The van der Waals surface area contributed by atoms with Crippen LogP contribution in [0.2, 0.25) is 0 Å². The number of rotatable bonds is 5. The maximum absolute atomic E-state index is 11.1.